The normalized spacial score (nSPS) is 15.1. The van der Waals surface area contributed by atoms with Gasteiger partial charge in [-0.1, -0.05) is 6.92 Å². The van der Waals surface area contributed by atoms with E-state index in [1.165, 1.54) is 6.26 Å². The first-order valence-corrected chi connectivity index (χ1v) is 7.67. The van der Waals surface area contributed by atoms with Gasteiger partial charge in [0.25, 0.3) is 0 Å². The van der Waals surface area contributed by atoms with Crippen LogP contribution in [0.5, 0.6) is 0 Å². The monoisotopic (exact) mass is 251 g/mol. The van der Waals surface area contributed by atoms with Gasteiger partial charge in [0.15, 0.2) is 9.84 Å². The molecule has 5 heteroatoms. The zero-order valence-electron chi connectivity index (χ0n) is 11.0. The number of hydrogen-bond donors (Lipinski definition) is 1. The Balaban J connectivity index is 4.72. The maximum absolute atomic E-state index is 11.7. The van der Waals surface area contributed by atoms with Crippen molar-refractivity contribution in [1.82, 2.24) is 5.32 Å². The Kier molecular flexibility index (Phi) is 6.51. The zero-order valence-corrected chi connectivity index (χ0v) is 11.9. The van der Waals surface area contributed by atoms with Gasteiger partial charge >= 0.3 is 0 Å². The second-order valence-electron chi connectivity index (χ2n) is 4.54. The molecule has 0 rings (SSSR count). The smallest absolute Gasteiger partial charge is 0.154 e. The number of ether oxygens (including phenoxy) is 1. The molecule has 0 saturated carbocycles. The lowest BCUT2D eigenvalue weighted by molar-refractivity contribution is 0.112. The van der Waals surface area contributed by atoms with Crippen molar-refractivity contribution in [1.29, 1.82) is 0 Å². The minimum absolute atomic E-state index is 0.164. The first-order chi connectivity index (χ1) is 7.27. The zero-order chi connectivity index (χ0) is 12.8. The molecule has 4 nitrogen and oxygen atoms in total. The van der Waals surface area contributed by atoms with Gasteiger partial charge in [0.2, 0.25) is 0 Å². The minimum atomic E-state index is -3.10. The van der Waals surface area contributed by atoms with Gasteiger partial charge in [0, 0.05) is 18.9 Å². The highest BCUT2D eigenvalue weighted by Crippen LogP contribution is 2.20. The van der Waals surface area contributed by atoms with Gasteiger partial charge in [-0.2, -0.15) is 0 Å². The Morgan fingerprint density at radius 2 is 1.88 bits per heavy atom. The Morgan fingerprint density at radius 3 is 2.25 bits per heavy atom. The van der Waals surface area contributed by atoms with Crippen molar-refractivity contribution >= 4 is 9.84 Å². The van der Waals surface area contributed by atoms with Crippen molar-refractivity contribution in [2.75, 3.05) is 26.0 Å². The summed E-state index contributed by atoms with van der Waals surface area (Å²) in [6.45, 7) is 9.28. The highest BCUT2D eigenvalue weighted by Gasteiger charge is 2.38. The first kappa shape index (κ1) is 15.9. The van der Waals surface area contributed by atoms with Crippen LogP contribution in [0.4, 0.5) is 0 Å². The lowest BCUT2D eigenvalue weighted by Gasteiger charge is -2.33. The van der Waals surface area contributed by atoms with E-state index < -0.39 is 14.6 Å². The lowest BCUT2D eigenvalue weighted by atomic mass is 10.0. The first-order valence-electron chi connectivity index (χ1n) is 5.78. The third-order valence-corrected chi connectivity index (χ3v) is 5.12. The predicted molar refractivity (Wildman–Crippen MR) is 67.5 cm³/mol. The van der Waals surface area contributed by atoms with Crippen molar-refractivity contribution in [3.63, 3.8) is 0 Å². The Bertz CT molecular complexity index is 278. The van der Waals surface area contributed by atoms with Crippen molar-refractivity contribution in [2.24, 2.45) is 0 Å². The number of sulfone groups is 1. The van der Waals surface area contributed by atoms with Crippen molar-refractivity contribution < 1.29 is 13.2 Å². The summed E-state index contributed by atoms with van der Waals surface area (Å²) in [4.78, 5) is 0. The van der Waals surface area contributed by atoms with Gasteiger partial charge in [0.1, 0.15) is 0 Å². The number of rotatable bonds is 8. The fourth-order valence-electron chi connectivity index (χ4n) is 1.32. The second-order valence-corrected chi connectivity index (χ2v) is 7.14. The van der Waals surface area contributed by atoms with Crippen molar-refractivity contribution in [2.45, 2.75) is 44.9 Å². The Labute approximate surface area is 99.7 Å². The summed E-state index contributed by atoms with van der Waals surface area (Å²) >= 11 is 0. The molecule has 0 spiro atoms. The van der Waals surface area contributed by atoms with Crippen molar-refractivity contribution in [3.05, 3.63) is 0 Å². The van der Waals surface area contributed by atoms with E-state index in [9.17, 15) is 8.42 Å². The van der Waals surface area contributed by atoms with Crippen LogP contribution in [0, 0.1) is 0 Å². The van der Waals surface area contributed by atoms with Crippen molar-refractivity contribution in [3.8, 4) is 0 Å². The predicted octanol–water partition coefficient (Wildman–Crippen LogP) is 1.21. The molecule has 0 aromatic rings. The summed E-state index contributed by atoms with van der Waals surface area (Å²) in [7, 11) is -3.10. The molecule has 1 N–H and O–H groups in total. The third kappa shape index (κ3) is 4.39. The van der Waals surface area contributed by atoms with E-state index in [0.29, 0.717) is 13.2 Å². The van der Waals surface area contributed by atoms with Gasteiger partial charge in [0.05, 0.1) is 11.4 Å². The topological polar surface area (TPSA) is 55.4 Å². The van der Waals surface area contributed by atoms with Crippen LogP contribution in [0.15, 0.2) is 0 Å². The summed E-state index contributed by atoms with van der Waals surface area (Å²) in [5.74, 6) is 0. The molecule has 1 atom stereocenters. The fraction of sp³-hybridized carbons (Fsp3) is 1.00. The van der Waals surface area contributed by atoms with Gasteiger partial charge in [-0.05, 0) is 33.7 Å². The molecule has 0 radical (unpaired) electrons. The lowest BCUT2D eigenvalue weighted by Crippen LogP contribution is -2.54. The van der Waals surface area contributed by atoms with E-state index in [1.54, 1.807) is 13.8 Å². The molecule has 0 aliphatic heterocycles. The minimum Gasteiger partial charge on any atom is -0.380 e. The molecular formula is C11H25NO3S. The van der Waals surface area contributed by atoms with Gasteiger partial charge in [-0.15, -0.1) is 0 Å². The summed E-state index contributed by atoms with van der Waals surface area (Å²) in [6, 6.07) is -0.164. The van der Waals surface area contributed by atoms with Gasteiger partial charge in [-0.3, -0.25) is 0 Å². The van der Waals surface area contributed by atoms with Crippen LogP contribution >= 0.6 is 0 Å². The van der Waals surface area contributed by atoms with Crippen LogP contribution in [0.25, 0.3) is 0 Å². The van der Waals surface area contributed by atoms with E-state index in [2.05, 4.69) is 12.2 Å². The second kappa shape index (κ2) is 6.57. The molecule has 0 aromatic heterocycles. The third-order valence-electron chi connectivity index (χ3n) is 2.92. The standard InChI is InChI=1S/C11H25NO3S/c1-6-8-12-10(9-15-7-2)11(3,4)16(5,13)14/h10,12H,6-9H2,1-5H3. The summed E-state index contributed by atoms with van der Waals surface area (Å²) in [5.41, 5.74) is 0. The highest BCUT2D eigenvalue weighted by atomic mass is 32.2. The average molecular weight is 251 g/mol. The Hall–Kier alpha value is -0.130. The van der Waals surface area contributed by atoms with E-state index in [0.717, 1.165) is 13.0 Å². The maximum Gasteiger partial charge on any atom is 0.154 e. The molecule has 1 unspecified atom stereocenters. The highest BCUT2D eigenvalue weighted by molar-refractivity contribution is 7.92. The molecule has 0 saturated heterocycles. The molecule has 0 amide bonds. The fourth-order valence-corrected chi connectivity index (χ4v) is 1.99. The van der Waals surface area contributed by atoms with Gasteiger partial charge < -0.3 is 10.1 Å². The van der Waals surface area contributed by atoms with Crippen LogP contribution in [0.2, 0.25) is 0 Å². The quantitative estimate of drug-likeness (QED) is 0.704. The molecular weight excluding hydrogens is 226 g/mol. The maximum atomic E-state index is 11.7. The molecule has 0 aromatic carbocycles. The number of hydrogen-bond acceptors (Lipinski definition) is 4. The Morgan fingerprint density at radius 1 is 1.31 bits per heavy atom. The largest absolute Gasteiger partial charge is 0.380 e. The van der Waals surface area contributed by atoms with E-state index in [1.807, 2.05) is 6.92 Å². The molecule has 0 heterocycles. The van der Waals surface area contributed by atoms with E-state index in [4.69, 9.17) is 4.74 Å². The molecule has 0 aliphatic rings. The number of nitrogens with one attached hydrogen (secondary N) is 1. The summed E-state index contributed by atoms with van der Waals surface area (Å²) < 4.78 is 28.0. The van der Waals surface area contributed by atoms with E-state index >= 15 is 0 Å². The summed E-state index contributed by atoms with van der Waals surface area (Å²) in [5, 5.41) is 3.25. The van der Waals surface area contributed by atoms with E-state index in [-0.39, 0.29) is 6.04 Å². The molecule has 0 fully saturated rings. The van der Waals surface area contributed by atoms with Crippen LogP contribution in [-0.2, 0) is 14.6 Å². The van der Waals surface area contributed by atoms with Crippen LogP contribution in [0.3, 0.4) is 0 Å². The SMILES string of the molecule is CCCNC(COCC)C(C)(C)S(C)(=O)=O. The molecule has 0 bridgehead atoms. The van der Waals surface area contributed by atoms with Crippen LogP contribution in [0.1, 0.15) is 34.1 Å². The molecule has 16 heavy (non-hydrogen) atoms. The molecule has 0 aliphatic carbocycles. The average Bonchev–Trinajstić information content (AvgIpc) is 2.16. The van der Waals surface area contributed by atoms with Crippen LogP contribution in [-0.4, -0.2) is 45.2 Å². The van der Waals surface area contributed by atoms with Crippen LogP contribution < -0.4 is 5.32 Å². The molecule has 98 valence electrons. The van der Waals surface area contributed by atoms with Gasteiger partial charge in [-0.25, -0.2) is 8.42 Å². The summed E-state index contributed by atoms with van der Waals surface area (Å²) in [6.07, 6.45) is 2.25.